The Morgan fingerprint density at radius 1 is 1.29 bits per heavy atom. The van der Waals surface area contributed by atoms with Crippen LogP contribution in [-0.4, -0.2) is 6.54 Å². The van der Waals surface area contributed by atoms with E-state index in [0.29, 0.717) is 19.0 Å². The molecule has 1 aromatic carbocycles. The predicted molar refractivity (Wildman–Crippen MR) is 47.7 cm³/mol. The summed E-state index contributed by atoms with van der Waals surface area (Å²) in [5.41, 5.74) is 0.239. The maximum atomic E-state index is 13.3. The van der Waals surface area contributed by atoms with Gasteiger partial charge in [0.1, 0.15) is 5.82 Å². The molecule has 1 aliphatic rings. The number of nitrogens with one attached hydrogen (secondary N) is 1. The third kappa shape index (κ3) is 1.35. The van der Waals surface area contributed by atoms with Crippen molar-refractivity contribution in [1.29, 1.82) is 0 Å². The summed E-state index contributed by atoms with van der Waals surface area (Å²) in [5.74, 6) is -2.57. The lowest BCUT2D eigenvalue weighted by atomic mass is 9.94. The molecular weight excluding hydrogens is 191 g/mol. The van der Waals surface area contributed by atoms with Gasteiger partial charge in [0, 0.05) is 18.2 Å². The summed E-state index contributed by atoms with van der Waals surface area (Å²) in [7, 11) is 0. The maximum Gasteiger partial charge on any atom is 0.164 e. The fraction of sp³-hybridized carbons (Fsp3) is 0.400. The van der Waals surface area contributed by atoms with Crippen LogP contribution in [-0.2, 0) is 6.42 Å². The fourth-order valence-corrected chi connectivity index (χ4v) is 1.72. The fourth-order valence-electron chi connectivity index (χ4n) is 1.72. The molecule has 0 spiro atoms. The number of hydrogen-bond donors (Lipinski definition) is 1. The van der Waals surface area contributed by atoms with Gasteiger partial charge in [-0.2, -0.15) is 0 Å². The minimum atomic E-state index is -1.11. The average Bonchev–Trinajstić information content (AvgIpc) is 2.14. The van der Waals surface area contributed by atoms with E-state index in [2.05, 4.69) is 5.32 Å². The molecule has 1 unspecified atom stereocenters. The van der Waals surface area contributed by atoms with Gasteiger partial charge in [-0.05, 0) is 12.3 Å². The number of fused-ring (bicyclic) bond motifs is 1. The van der Waals surface area contributed by atoms with E-state index >= 15 is 0 Å². The summed E-state index contributed by atoms with van der Waals surface area (Å²) in [6.07, 6.45) is 0.378. The van der Waals surface area contributed by atoms with E-state index in [1.807, 2.05) is 6.92 Å². The molecule has 0 saturated carbocycles. The molecule has 0 radical (unpaired) electrons. The second-order valence-corrected chi connectivity index (χ2v) is 3.70. The second-order valence-electron chi connectivity index (χ2n) is 3.70. The quantitative estimate of drug-likeness (QED) is 0.636. The molecule has 1 aliphatic heterocycles. The first-order chi connectivity index (χ1) is 6.59. The smallest absolute Gasteiger partial charge is 0.164 e. The molecule has 0 fully saturated rings. The lowest BCUT2D eigenvalue weighted by Crippen LogP contribution is -2.23. The molecule has 1 N–H and O–H groups in total. The first-order valence-electron chi connectivity index (χ1n) is 4.50. The molecule has 0 amide bonds. The molecule has 0 saturated heterocycles. The SMILES string of the molecule is CC1CNc2c(F)cc(F)c(F)c2C1. The molecule has 0 bridgehead atoms. The Kier molecular flexibility index (Phi) is 2.13. The number of rotatable bonds is 0. The van der Waals surface area contributed by atoms with Crippen molar-refractivity contribution >= 4 is 5.69 Å². The monoisotopic (exact) mass is 201 g/mol. The minimum Gasteiger partial charge on any atom is -0.382 e. The lowest BCUT2D eigenvalue weighted by Gasteiger charge is -2.24. The van der Waals surface area contributed by atoms with Gasteiger partial charge in [-0.15, -0.1) is 0 Å². The third-order valence-electron chi connectivity index (χ3n) is 2.45. The minimum absolute atomic E-state index is 0.113. The van der Waals surface area contributed by atoms with Crippen molar-refractivity contribution in [3.05, 3.63) is 29.1 Å². The first kappa shape index (κ1) is 9.37. The second kappa shape index (κ2) is 3.19. The van der Waals surface area contributed by atoms with E-state index in [1.165, 1.54) is 0 Å². The van der Waals surface area contributed by atoms with Crippen molar-refractivity contribution in [2.45, 2.75) is 13.3 Å². The number of benzene rings is 1. The highest BCUT2D eigenvalue weighted by atomic mass is 19.2. The summed E-state index contributed by atoms with van der Waals surface area (Å²) in [5, 5.41) is 2.77. The van der Waals surface area contributed by atoms with E-state index in [1.54, 1.807) is 0 Å². The zero-order valence-corrected chi connectivity index (χ0v) is 7.70. The number of hydrogen-bond acceptors (Lipinski definition) is 1. The molecule has 1 aromatic rings. The molecule has 1 nitrogen and oxygen atoms in total. The average molecular weight is 201 g/mol. The van der Waals surface area contributed by atoms with Crippen LogP contribution >= 0.6 is 0 Å². The van der Waals surface area contributed by atoms with Crippen LogP contribution in [0, 0.1) is 23.4 Å². The lowest BCUT2D eigenvalue weighted by molar-refractivity contribution is 0.467. The van der Waals surface area contributed by atoms with E-state index in [0.717, 1.165) is 0 Å². The van der Waals surface area contributed by atoms with Crippen LogP contribution in [0.1, 0.15) is 12.5 Å². The number of anilines is 1. The van der Waals surface area contributed by atoms with Crippen LogP contribution in [0.2, 0.25) is 0 Å². The van der Waals surface area contributed by atoms with Crippen molar-refractivity contribution < 1.29 is 13.2 Å². The molecule has 1 heterocycles. The summed E-state index contributed by atoms with van der Waals surface area (Å²) in [6.45, 7) is 2.49. The summed E-state index contributed by atoms with van der Waals surface area (Å²) < 4.78 is 39.3. The van der Waals surface area contributed by atoms with E-state index in [9.17, 15) is 13.2 Å². The van der Waals surface area contributed by atoms with E-state index < -0.39 is 17.5 Å². The van der Waals surface area contributed by atoms with Gasteiger partial charge in [-0.1, -0.05) is 6.92 Å². The zero-order chi connectivity index (χ0) is 10.3. The van der Waals surface area contributed by atoms with Crippen LogP contribution in [0.3, 0.4) is 0 Å². The van der Waals surface area contributed by atoms with Gasteiger partial charge in [-0.25, -0.2) is 13.2 Å². The van der Waals surface area contributed by atoms with Crippen molar-refractivity contribution in [2.24, 2.45) is 5.92 Å². The standard InChI is InChI=1S/C10H10F3N/c1-5-2-6-9(13)7(11)3-8(12)10(6)14-4-5/h3,5,14H,2,4H2,1H3. The normalized spacial score (nSPS) is 20.1. The van der Waals surface area contributed by atoms with E-state index in [4.69, 9.17) is 0 Å². The summed E-state index contributed by atoms with van der Waals surface area (Å²) in [6, 6.07) is 0.581. The highest BCUT2D eigenvalue weighted by Crippen LogP contribution is 2.30. The molecule has 4 heteroatoms. The largest absolute Gasteiger partial charge is 0.382 e. The van der Waals surface area contributed by atoms with Crippen molar-refractivity contribution in [2.75, 3.05) is 11.9 Å². The maximum absolute atomic E-state index is 13.3. The molecule has 0 aromatic heterocycles. The third-order valence-corrected chi connectivity index (χ3v) is 2.45. The molecule has 0 aliphatic carbocycles. The van der Waals surface area contributed by atoms with Gasteiger partial charge in [0.15, 0.2) is 11.6 Å². The summed E-state index contributed by atoms with van der Waals surface area (Å²) in [4.78, 5) is 0. The molecule has 1 atom stereocenters. The van der Waals surface area contributed by atoms with Crippen LogP contribution in [0.4, 0.5) is 18.9 Å². The van der Waals surface area contributed by atoms with Gasteiger partial charge < -0.3 is 5.32 Å². The number of halogens is 3. The molecule has 14 heavy (non-hydrogen) atoms. The highest BCUT2D eigenvalue weighted by Gasteiger charge is 2.23. The predicted octanol–water partition coefficient (Wildman–Crippen LogP) is 2.71. The van der Waals surface area contributed by atoms with Gasteiger partial charge in [0.05, 0.1) is 5.69 Å². The van der Waals surface area contributed by atoms with E-state index in [-0.39, 0.29) is 17.2 Å². The Hall–Kier alpha value is -1.19. The van der Waals surface area contributed by atoms with Gasteiger partial charge in [0.25, 0.3) is 0 Å². The van der Waals surface area contributed by atoms with Crippen molar-refractivity contribution in [3.63, 3.8) is 0 Å². The first-order valence-corrected chi connectivity index (χ1v) is 4.50. The van der Waals surface area contributed by atoms with Crippen LogP contribution in [0.15, 0.2) is 6.07 Å². The highest BCUT2D eigenvalue weighted by molar-refractivity contribution is 5.55. The van der Waals surface area contributed by atoms with Gasteiger partial charge in [0.2, 0.25) is 0 Å². The van der Waals surface area contributed by atoms with Gasteiger partial charge in [-0.3, -0.25) is 0 Å². The Balaban J connectivity index is 2.57. The van der Waals surface area contributed by atoms with Crippen molar-refractivity contribution in [3.8, 4) is 0 Å². The van der Waals surface area contributed by atoms with Crippen LogP contribution in [0.25, 0.3) is 0 Å². The van der Waals surface area contributed by atoms with Crippen molar-refractivity contribution in [1.82, 2.24) is 0 Å². The molecule has 2 rings (SSSR count). The van der Waals surface area contributed by atoms with Gasteiger partial charge >= 0.3 is 0 Å². The van der Waals surface area contributed by atoms with Crippen LogP contribution < -0.4 is 5.32 Å². The Bertz CT molecular complexity index is 376. The zero-order valence-electron chi connectivity index (χ0n) is 7.70. The Morgan fingerprint density at radius 2 is 2.00 bits per heavy atom. The molecular formula is C10H10F3N. The Morgan fingerprint density at radius 3 is 2.71 bits per heavy atom. The Labute approximate surface area is 79.9 Å². The topological polar surface area (TPSA) is 12.0 Å². The summed E-state index contributed by atoms with van der Waals surface area (Å²) >= 11 is 0. The molecule has 76 valence electrons. The van der Waals surface area contributed by atoms with Crippen LogP contribution in [0.5, 0.6) is 0 Å².